The molecular weight excluding hydrogens is 348 g/mol. The standard InChI is InChI=1S/C22H28N6/c1-3-9-19(10-4-1)28-22(24-25-26-28)21(27-14-5-2-6-15-27)18-11-12-20-17(16-18)8-7-13-23-20/h7-8,11-13,16,19,21H,1-6,9-10,14-15H2. The quantitative estimate of drug-likeness (QED) is 0.679. The lowest BCUT2D eigenvalue weighted by Gasteiger charge is -2.35. The van der Waals surface area contributed by atoms with Crippen molar-refractivity contribution < 1.29 is 0 Å². The van der Waals surface area contributed by atoms with E-state index in [4.69, 9.17) is 0 Å². The lowest BCUT2D eigenvalue weighted by molar-refractivity contribution is 0.172. The summed E-state index contributed by atoms with van der Waals surface area (Å²) < 4.78 is 2.14. The number of piperidine rings is 1. The maximum atomic E-state index is 4.57. The fraction of sp³-hybridized carbons (Fsp3) is 0.545. The van der Waals surface area contributed by atoms with E-state index in [9.17, 15) is 0 Å². The first-order valence-electron chi connectivity index (χ1n) is 10.8. The molecule has 1 atom stereocenters. The van der Waals surface area contributed by atoms with Gasteiger partial charge in [0.2, 0.25) is 0 Å². The third-order valence-electron chi connectivity index (χ3n) is 6.38. The van der Waals surface area contributed by atoms with Gasteiger partial charge < -0.3 is 0 Å². The average molecular weight is 377 g/mol. The number of nitrogens with zero attached hydrogens (tertiary/aromatic N) is 6. The van der Waals surface area contributed by atoms with Crippen molar-refractivity contribution in [3.63, 3.8) is 0 Å². The van der Waals surface area contributed by atoms with Gasteiger partial charge in [0.1, 0.15) is 0 Å². The molecule has 0 amide bonds. The molecule has 1 aromatic carbocycles. The Morgan fingerprint density at radius 3 is 2.61 bits per heavy atom. The van der Waals surface area contributed by atoms with E-state index in [2.05, 4.69) is 54.4 Å². The van der Waals surface area contributed by atoms with Crippen molar-refractivity contribution in [3.05, 3.63) is 47.9 Å². The highest BCUT2D eigenvalue weighted by molar-refractivity contribution is 5.79. The Balaban J connectivity index is 1.57. The molecule has 0 bridgehead atoms. The molecule has 0 N–H and O–H groups in total. The Kier molecular flexibility index (Phi) is 5.04. The number of rotatable bonds is 4. The minimum Gasteiger partial charge on any atom is -0.290 e. The van der Waals surface area contributed by atoms with Crippen molar-refractivity contribution in [2.45, 2.75) is 63.5 Å². The summed E-state index contributed by atoms with van der Waals surface area (Å²) in [5, 5.41) is 14.3. The van der Waals surface area contributed by atoms with Gasteiger partial charge in [-0.1, -0.05) is 37.8 Å². The first-order chi connectivity index (χ1) is 13.9. The number of aromatic nitrogens is 5. The highest BCUT2D eigenvalue weighted by Gasteiger charge is 2.31. The molecule has 1 saturated carbocycles. The van der Waals surface area contributed by atoms with Gasteiger partial charge in [-0.25, -0.2) is 4.68 Å². The molecule has 5 rings (SSSR count). The van der Waals surface area contributed by atoms with Crippen LogP contribution in [0.1, 0.15) is 74.8 Å². The molecule has 146 valence electrons. The number of benzene rings is 1. The number of likely N-dealkylation sites (tertiary alicyclic amines) is 1. The van der Waals surface area contributed by atoms with Crippen LogP contribution in [0.2, 0.25) is 0 Å². The predicted molar refractivity (Wildman–Crippen MR) is 109 cm³/mol. The van der Waals surface area contributed by atoms with Gasteiger partial charge in [0, 0.05) is 11.6 Å². The topological polar surface area (TPSA) is 59.7 Å². The third-order valence-corrected chi connectivity index (χ3v) is 6.38. The Hall–Kier alpha value is -2.34. The summed E-state index contributed by atoms with van der Waals surface area (Å²) in [6, 6.07) is 11.3. The van der Waals surface area contributed by atoms with E-state index in [1.807, 2.05) is 12.3 Å². The van der Waals surface area contributed by atoms with Gasteiger partial charge in [-0.15, -0.1) is 5.10 Å². The zero-order valence-corrected chi connectivity index (χ0v) is 16.4. The Bertz CT molecular complexity index is 923. The lowest BCUT2D eigenvalue weighted by Crippen LogP contribution is -2.36. The number of fused-ring (bicyclic) bond motifs is 1. The van der Waals surface area contributed by atoms with Crippen molar-refractivity contribution in [2.24, 2.45) is 0 Å². The fourth-order valence-electron chi connectivity index (χ4n) is 4.93. The van der Waals surface area contributed by atoms with Gasteiger partial charge in [0.15, 0.2) is 5.82 Å². The van der Waals surface area contributed by atoms with Crippen LogP contribution in [-0.2, 0) is 0 Å². The molecule has 0 radical (unpaired) electrons. The van der Waals surface area contributed by atoms with E-state index >= 15 is 0 Å². The van der Waals surface area contributed by atoms with E-state index in [0.717, 1.165) is 24.4 Å². The summed E-state index contributed by atoms with van der Waals surface area (Å²) in [6.07, 6.45) is 11.9. The first-order valence-corrected chi connectivity index (χ1v) is 10.8. The van der Waals surface area contributed by atoms with E-state index in [1.54, 1.807) is 0 Å². The molecule has 0 spiro atoms. The molecule has 1 saturated heterocycles. The third kappa shape index (κ3) is 3.41. The fourth-order valence-corrected chi connectivity index (χ4v) is 4.93. The van der Waals surface area contributed by atoms with Crippen molar-refractivity contribution in [2.75, 3.05) is 13.1 Å². The number of hydrogen-bond donors (Lipinski definition) is 0. The second-order valence-electron chi connectivity index (χ2n) is 8.23. The Labute approximate surface area is 166 Å². The normalized spacial score (nSPS) is 20.4. The van der Waals surface area contributed by atoms with Crippen LogP contribution < -0.4 is 0 Å². The van der Waals surface area contributed by atoms with Gasteiger partial charge in [-0.05, 0) is 73.0 Å². The Morgan fingerprint density at radius 2 is 1.75 bits per heavy atom. The number of tetrazole rings is 1. The zero-order chi connectivity index (χ0) is 18.8. The molecule has 3 aromatic rings. The van der Waals surface area contributed by atoms with Gasteiger partial charge in [-0.3, -0.25) is 9.88 Å². The SMILES string of the molecule is c1cnc2ccc(C(c3nnnn3C3CCCCC3)N3CCCCC3)cc2c1. The summed E-state index contributed by atoms with van der Waals surface area (Å²) >= 11 is 0. The predicted octanol–water partition coefficient (Wildman–Crippen LogP) is 4.30. The molecule has 1 unspecified atom stereocenters. The minimum absolute atomic E-state index is 0.113. The second kappa shape index (κ2) is 7.95. The zero-order valence-electron chi connectivity index (χ0n) is 16.4. The van der Waals surface area contributed by atoms with E-state index < -0.39 is 0 Å². The van der Waals surface area contributed by atoms with Crippen LogP contribution in [0.15, 0.2) is 36.5 Å². The molecule has 2 fully saturated rings. The van der Waals surface area contributed by atoms with Crippen LogP contribution in [0.4, 0.5) is 0 Å². The van der Waals surface area contributed by atoms with E-state index in [-0.39, 0.29) is 6.04 Å². The molecule has 6 nitrogen and oxygen atoms in total. The summed E-state index contributed by atoms with van der Waals surface area (Å²) in [7, 11) is 0. The molecule has 2 aromatic heterocycles. The van der Waals surface area contributed by atoms with Crippen LogP contribution in [0.25, 0.3) is 10.9 Å². The largest absolute Gasteiger partial charge is 0.290 e. The van der Waals surface area contributed by atoms with Gasteiger partial charge in [0.05, 0.1) is 17.6 Å². The van der Waals surface area contributed by atoms with Crippen LogP contribution in [0, 0.1) is 0 Å². The Morgan fingerprint density at radius 1 is 0.929 bits per heavy atom. The van der Waals surface area contributed by atoms with Gasteiger partial charge in [-0.2, -0.15) is 0 Å². The maximum Gasteiger partial charge on any atom is 0.173 e. The lowest BCUT2D eigenvalue weighted by atomic mass is 9.94. The van der Waals surface area contributed by atoms with Crippen molar-refractivity contribution in [1.82, 2.24) is 30.1 Å². The van der Waals surface area contributed by atoms with Crippen LogP contribution in [0.5, 0.6) is 0 Å². The summed E-state index contributed by atoms with van der Waals surface area (Å²) in [5.41, 5.74) is 2.31. The minimum atomic E-state index is 0.113. The molecule has 2 aliphatic rings. The van der Waals surface area contributed by atoms with Crippen LogP contribution in [-0.4, -0.2) is 43.2 Å². The van der Waals surface area contributed by atoms with Gasteiger partial charge in [0.25, 0.3) is 0 Å². The average Bonchev–Trinajstić information content (AvgIpc) is 3.25. The van der Waals surface area contributed by atoms with Crippen molar-refractivity contribution in [1.29, 1.82) is 0 Å². The molecule has 28 heavy (non-hydrogen) atoms. The molecule has 1 aliphatic heterocycles. The number of hydrogen-bond acceptors (Lipinski definition) is 5. The smallest absolute Gasteiger partial charge is 0.173 e. The second-order valence-corrected chi connectivity index (χ2v) is 8.23. The first kappa shape index (κ1) is 17.7. The maximum absolute atomic E-state index is 4.57. The summed E-state index contributed by atoms with van der Waals surface area (Å²) in [4.78, 5) is 7.06. The van der Waals surface area contributed by atoms with Crippen LogP contribution in [0.3, 0.4) is 0 Å². The summed E-state index contributed by atoms with van der Waals surface area (Å²) in [6.45, 7) is 2.21. The van der Waals surface area contributed by atoms with Gasteiger partial charge >= 0.3 is 0 Å². The van der Waals surface area contributed by atoms with Crippen molar-refractivity contribution in [3.8, 4) is 0 Å². The monoisotopic (exact) mass is 376 g/mol. The number of pyridine rings is 1. The highest BCUT2D eigenvalue weighted by atomic mass is 15.6. The van der Waals surface area contributed by atoms with Crippen molar-refractivity contribution >= 4 is 10.9 Å². The van der Waals surface area contributed by atoms with E-state index in [0.29, 0.717) is 6.04 Å². The van der Waals surface area contributed by atoms with E-state index in [1.165, 1.54) is 62.3 Å². The summed E-state index contributed by atoms with van der Waals surface area (Å²) in [5.74, 6) is 1.01. The van der Waals surface area contributed by atoms with Crippen LogP contribution >= 0.6 is 0 Å². The highest BCUT2D eigenvalue weighted by Crippen LogP contribution is 2.35. The molecule has 1 aliphatic carbocycles. The molecule has 6 heteroatoms. The molecular formula is C22H28N6. The molecule has 3 heterocycles.